The van der Waals surface area contributed by atoms with Crippen LogP contribution in [0.25, 0.3) is 0 Å². The smallest absolute Gasteiger partial charge is 0.339 e. The van der Waals surface area contributed by atoms with Crippen LogP contribution in [0.5, 0.6) is 5.75 Å². The first-order valence-electron chi connectivity index (χ1n) is 11.3. The van der Waals surface area contributed by atoms with Crippen LogP contribution in [-0.4, -0.2) is 56.7 Å². The number of fused-ring (bicyclic) bond motifs is 3. The number of likely N-dealkylation sites (tertiary alicyclic amines) is 1. The third-order valence-corrected chi connectivity index (χ3v) is 8.71. The molecule has 0 bridgehead atoms. The van der Waals surface area contributed by atoms with Gasteiger partial charge in [0.25, 0.3) is 0 Å². The number of benzene rings is 2. The number of halogens is 1. The van der Waals surface area contributed by atoms with Gasteiger partial charge in [0.05, 0.1) is 11.5 Å². The average molecular weight is 475 g/mol. The van der Waals surface area contributed by atoms with Gasteiger partial charge in [-0.3, -0.25) is 0 Å². The maximum atomic E-state index is 14.0. The normalized spacial score (nSPS) is 26.4. The van der Waals surface area contributed by atoms with Gasteiger partial charge in [0.2, 0.25) is 10.0 Å². The molecule has 2 heterocycles. The summed E-state index contributed by atoms with van der Waals surface area (Å²) in [5, 5.41) is 9.42. The second-order valence-electron chi connectivity index (χ2n) is 9.18. The van der Waals surface area contributed by atoms with E-state index in [0.717, 1.165) is 26.1 Å². The monoisotopic (exact) mass is 474 g/mol. The van der Waals surface area contributed by atoms with Crippen LogP contribution in [0.3, 0.4) is 0 Å². The predicted molar refractivity (Wildman–Crippen MR) is 120 cm³/mol. The molecule has 4 atom stereocenters. The number of carboxylic acids is 1. The molecule has 1 aliphatic carbocycles. The molecule has 2 aromatic carbocycles. The SMILES string of the molecule is CCN1CC[C@@H](Cc2cc(F)ccc2S(=O)(=O)NC2C3COc4c(C(=O)O)cccc4C32)C1. The molecule has 33 heavy (non-hydrogen) atoms. The van der Waals surface area contributed by atoms with Gasteiger partial charge in [0.15, 0.2) is 0 Å². The number of ether oxygens (including phenoxy) is 1. The van der Waals surface area contributed by atoms with Gasteiger partial charge in [-0.05, 0) is 61.7 Å². The van der Waals surface area contributed by atoms with E-state index in [4.69, 9.17) is 4.74 Å². The van der Waals surface area contributed by atoms with Crippen molar-refractivity contribution in [2.24, 2.45) is 11.8 Å². The number of hydrogen-bond donors (Lipinski definition) is 2. The lowest BCUT2D eigenvalue weighted by molar-refractivity contribution is 0.0691. The third kappa shape index (κ3) is 4.13. The van der Waals surface area contributed by atoms with E-state index in [1.807, 2.05) is 0 Å². The first kappa shape index (κ1) is 22.3. The summed E-state index contributed by atoms with van der Waals surface area (Å²) >= 11 is 0. The van der Waals surface area contributed by atoms with E-state index >= 15 is 0 Å². The summed E-state index contributed by atoms with van der Waals surface area (Å²) in [6.07, 6.45) is 1.47. The van der Waals surface area contributed by atoms with E-state index in [2.05, 4.69) is 16.5 Å². The van der Waals surface area contributed by atoms with Gasteiger partial charge in [-0.15, -0.1) is 0 Å². The van der Waals surface area contributed by atoms with Gasteiger partial charge in [-0.2, -0.15) is 0 Å². The second-order valence-corrected chi connectivity index (χ2v) is 10.9. The number of nitrogens with zero attached hydrogens (tertiary/aromatic N) is 1. The van der Waals surface area contributed by atoms with Crippen LogP contribution >= 0.6 is 0 Å². The molecule has 0 spiro atoms. The van der Waals surface area contributed by atoms with E-state index in [1.54, 1.807) is 12.1 Å². The highest BCUT2D eigenvalue weighted by Crippen LogP contribution is 2.55. The Bertz CT molecular complexity index is 1200. The summed E-state index contributed by atoms with van der Waals surface area (Å²) < 4.78 is 49.3. The van der Waals surface area contributed by atoms with Crippen LogP contribution in [0.1, 0.15) is 40.7 Å². The Labute approximate surface area is 192 Å². The molecule has 0 aromatic heterocycles. The van der Waals surface area contributed by atoms with E-state index in [1.165, 1.54) is 24.3 Å². The number of rotatable bonds is 7. The molecular formula is C24H27FN2O5S. The van der Waals surface area contributed by atoms with Crippen molar-refractivity contribution in [3.8, 4) is 5.75 Å². The molecule has 0 radical (unpaired) electrons. The number of hydrogen-bond acceptors (Lipinski definition) is 5. The molecule has 2 aliphatic heterocycles. The lowest BCUT2D eigenvalue weighted by Crippen LogP contribution is -2.29. The van der Waals surface area contributed by atoms with Gasteiger partial charge in [-0.25, -0.2) is 22.3 Å². The van der Waals surface area contributed by atoms with Crippen LogP contribution in [0, 0.1) is 17.7 Å². The average Bonchev–Trinajstić information content (AvgIpc) is 3.27. The fourth-order valence-electron chi connectivity index (χ4n) is 5.38. The van der Waals surface area contributed by atoms with Gasteiger partial charge < -0.3 is 14.7 Å². The van der Waals surface area contributed by atoms with E-state index in [0.29, 0.717) is 29.2 Å². The topological polar surface area (TPSA) is 95.9 Å². The molecule has 3 aliphatic rings. The molecule has 2 fully saturated rings. The summed E-state index contributed by atoms with van der Waals surface area (Å²) in [6.45, 7) is 5.15. The Morgan fingerprint density at radius 3 is 2.85 bits per heavy atom. The summed E-state index contributed by atoms with van der Waals surface area (Å²) in [4.78, 5) is 13.9. The fourth-order valence-corrected chi connectivity index (χ4v) is 6.92. The molecule has 5 rings (SSSR count). The molecule has 7 nitrogen and oxygen atoms in total. The highest BCUT2D eigenvalue weighted by atomic mass is 32.2. The number of para-hydroxylation sites is 1. The van der Waals surface area contributed by atoms with Gasteiger partial charge in [0, 0.05) is 30.0 Å². The van der Waals surface area contributed by atoms with Crippen molar-refractivity contribution in [2.45, 2.75) is 36.6 Å². The number of carboxylic acid groups (broad SMARTS) is 1. The fraction of sp³-hybridized carbons (Fsp3) is 0.458. The van der Waals surface area contributed by atoms with Gasteiger partial charge >= 0.3 is 5.97 Å². The quantitative estimate of drug-likeness (QED) is 0.641. The Balaban J connectivity index is 1.38. The molecule has 9 heteroatoms. The summed E-state index contributed by atoms with van der Waals surface area (Å²) in [7, 11) is -3.89. The minimum absolute atomic E-state index is 0.0619. The Kier molecular flexibility index (Phi) is 5.66. The van der Waals surface area contributed by atoms with Crippen molar-refractivity contribution in [2.75, 3.05) is 26.2 Å². The van der Waals surface area contributed by atoms with Crippen molar-refractivity contribution >= 4 is 16.0 Å². The van der Waals surface area contributed by atoms with Gasteiger partial charge in [0.1, 0.15) is 17.1 Å². The highest BCUT2D eigenvalue weighted by Gasteiger charge is 2.57. The zero-order valence-corrected chi connectivity index (χ0v) is 19.1. The number of nitrogens with one attached hydrogen (secondary N) is 1. The first-order chi connectivity index (χ1) is 15.8. The van der Waals surface area contributed by atoms with E-state index in [9.17, 15) is 22.7 Å². The maximum absolute atomic E-state index is 14.0. The maximum Gasteiger partial charge on any atom is 0.339 e. The van der Waals surface area contributed by atoms with Crippen molar-refractivity contribution < 1.29 is 27.4 Å². The largest absolute Gasteiger partial charge is 0.492 e. The van der Waals surface area contributed by atoms with Crippen LogP contribution in [0.2, 0.25) is 0 Å². The second kappa shape index (κ2) is 8.38. The molecule has 2 N–H and O–H groups in total. The van der Waals surface area contributed by atoms with Crippen LogP contribution < -0.4 is 9.46 Å². The standard InChI is InChI=1S/C24H27FN2O5S/c1-2-27-9-8-14(12-27)10-15-11-16(25)6-7-20(15)33(30,31)26-22-19-13-32-23-17(21(19)22)4-3-5-18(23)24(28)29/h3-7,11,14,19,21-22,26H,2,8-10,12-13H2,1H3,(H,28,29)/t14-,19?,21?,22?/m0/s1. The summed E-state index contributed by atoms with van der Waals surface area (Å²) in [5.74, 6) is -1.12. The number of carbonyl (C=O) groups is 1. The molecule has 1 saturated heterocycles. The van der Waals surface area contributed by atoms with Crippen molar-refractivity contribution in [1.82, 2.24) is 9.62 Å². The highest BCUT2D eigenvalue weighted by molar-refractivity contribution is 7.89. The molecule has 3 unspecified atom stereocenters. The zero-order valence-electron chi connectivity index (χ0n) is 18.3. The molecule has 1 saturated carbocycles. The van der Waals surface area contributed by atoms with Crippen molar-refractivity contribution in [1.29, 1.82) is 0 Å². The van der Waals surface area contributed by atoms with Gasteiger partial charge in [-0.1, -0.05) is 19.1 Å². The predicted octanol–water partition coefficient (Wildman–Crippen LogP) is 2.86. The molecule has 0 amide bonds. The lowest BCUT2D eigenvalue weighted by atomic mass is 9.98. The minimum atomic E-state index is -3.89. The Hall–Kier alpha value is -2.49. The number of sulfonamides is 1. The Morgan fingerprint density at radius 1 is 1.30 bits per heavy atom. The molecule has 176 valence electrons. The van der Waals surface area contributed by atoms with E-state index in [-0.39, 0.29) is 34.9 Å². The molecule has 2 aromatic rings. The lowest BCUT2D eigenvalue weighted by Gasteiger charge is -2.17. The number of aromatic carboxylic acids is 1. The Morgan fingerprint density at radius 2 is 2.12 bits per heavy atom. The zero-order chi connectivity index (χ0) is 23.3. The van der Waals surface area contributed by atoms with Crippen molar-refractivity contribution in [3.05, 3.63) is 58.9 Å². The van der Waals surface area contributed by atoms with Crippen LogP contribution in [0.15, 0.2) is 41.3 Å². The first-order valence-corrected chi connectivity index (χ1v) is 12.8. The third-order valence-electron chi connectivity index (χ3n) is 7.15. The summed E-state index contributed by atoms with van der Waals surface area (Å²) in [6, 6.07) is 8.39. The van der Waals surface area contributed by atoms with Crippen molar-refractivity contribution in [3.63, 3.8) is 0 Å². The summed E-state index contributed by atoms with van der Waals surface area (Å²) in [5.41, 5.74) is 1.29. The van der Waals surface area contributed by atoms with E-state index < -0.39 is 21.8 Å². The van der Waals surface area contributed by atoms with Crippen LogP contribution in [-0.2, 0) is 16.4 Å². The minimum Gasteiger partial charge on any atom is -0.492 e. The van der Waals surface area contributed by atoms with Crippen LogP contribution in [0.4, 0.5) is 4.39 Å². The molecular weight excluding hydrogens is 447 g/mol.